The number of hydrogen-bond donors (Lipinski definition) is 2. The largest absolute Gasteiger partial charge is 0.333 e. The first-order valence-electron chi connectivity index (χ1n) is 8.68. The molecule has 1 fully saturated rings. The lowest BCUT2D eigenvalue weighted by atomic mass is 10.1. The zero-order valence-electron chi connectivity index (χ0n) is 15.2. The average molecular weight is 391 g/mol. The molecule has 0 saturated carbocycles. The Bertz CT molecular complexity index is 945. The van der Waals surface area contributed by atoms with Crippen LogP contribution in [0.15, 0.2) is 47.4 Å². The van der Waals surface area contributed by atoms with Crippen molar-refractivity contribution in [1.29, 1.82) is 0 Å². The number of amides is 1. The Labute approximate surface area is 158 Å². The smallest absolute Gasteiger partial charge is 0.261 e. The molecule has 0 aliphatic carbocycles. The number of nitrogens with zero attached hydrogens (tertiary/aromatic N) is 1. The van der Waals surface area contributed by atoms with Crippen molar-refractivity contribution in [1.82, 2.24) is 10.2 Å². The highest BCUT2D eigenvalue weighted by Gasteiger charge is 2.24. The highest BCUT2D eigenvalue weighted by atomic mass is 32.2. The van der Waals surface area contributed by atoms with Gasteiger partial charge < -0.3 is 10.2 Å². The van der Waals surface area contributed by atoms with Crippen LogP contribution in [-0.4, -0.2) is 44.9 Å². The standard InChI is InChI=1S/C19H22FN3O3S/c1-13-11-17(7-8-18(13)20)27(25,26)22-16-5-3-15(4-6-16)19(24)23-10-9-21-12-14(23)2/h3-8,11,14,21-22H,9-10,12H2,1-2H3/t14-/m0/s1. The van der Waals surface area contributed by atoms with E-state index in [1.165, 1.54) is 19.1 Å². The first kappa shape index (κ1) is 19.3. The second-order valence-corrected chi connectivity index (χ2v) is 8.33. The lowest BCUT2D eigenvalue weighted by Crippen LogP contribution is -2.52. The van der Waals surface area contributed by atoms with Gasteiger partial charge in [-0.2, -0.15) is 0 Å². The number of carbonyl (C=O) groups excluding carboxylic acids is 1. The maximum Gasteiger partial charge on any atom is 0.261 e. The normalized spacial score (nSPS) is 17.6. The van der Waals surface area contributed by atoms with E-state index in [1.54, 1.807) is 29.2 Å². The van der Waals surface area contributed by atoms with Crippen LogP contribution in [0.4, 0.5) is 10.1 Å². The van der Waals surface area contributed by atoms with Crippen molar-refractivity contribution in [3.05, 3.63) is 59.4 Å². The maximum atomic E-state index is 13.4. The molecule has 8 heteroatoms. The second kappa shape index (κ2) is 7.66. The molecule has 1 heterocycles. The summed E-state index contributed by atoms with van der Waals surface area (Å²) >= 11 is 0. The van der Waals surface area contributed by atoms with Gasteiger partial charge in [0, 0.05) is 36.9 Å². The minimum absolute atomic E-state index is 0.0174. The van der Waals surface area contributed by atoms with Crippen molar-refractivity contribution >= 4 is 21.6 Å². The van der Waals surface area contributed by atoms with Gasteiger partial charge in [0.05, 0.1) is 4.90 Å². The van der Waals surface area contributed by atoms with Crippen LogP contribution in [0, 0.1) is 12.7 Å². The van der Waals surface area contributed by atoms with Crippen LogP contribution in [-0.2, 0) is 10.0 Å². The van der Waals surface area contributed by atoms with Crippen LogP contribution in [0.1, 0.15) is 22.8 Å². The fourth-order valence-electron chi connectivity index (χ4n) is 2.99. The lowest BCUT2D eigenvalue weighted by molar-refractivity contribution is 0.0656. The monoisotopic (exact) mass is 391 g/mol. The minimum Gasteiger partial charge on any atom is -0.333 e. The van der Waals surface area contributed by atoms with Crippen molar-refractivity contribution in [3.63, 3.8) is 0 Å². The lowest BCUT2D eigenvalue weighted by Gasteiger charge is -2.34. The van der Waals surface area contributed by atoms with E-state index in [-0.39, 0.29) is 22.4 Å². The molecular formula is C19H22FN3O3S. The molecule has 2 aromatic carbocycles. The summed E-state index contributed by atoms with van der Waals surface area (Å²) in [5, 5.41) is 3.23. The predicted molar refractivity (Wildman–Crippen MR) is 102 cm³/mol. The van der Waals surface area contributed by atoms with E-state index in [2.05, 4.69) is 10.0 Å². The summed E-state index contributed by atoms with van der Waals surface area (Å²) in [6.45, 7) is 5.63. The van der Waals surface area contributed by atoms with Crippen LogP contribution < -0.4 is 10.0 Å². The Morgan fingerprint density at radius 2 is 1.93 bits per heavy atom. The average Bonchev–Trinajstić information content (AvgIpc) is 2.64. The van der Waals surface area contributed by atoms with E-state index >= 15 is 0 Å². The zero-order chi connectivity index (χ0) is 19.6. The van der Waals surface area contributed by atoms with E-state index < -0.39 is 15.8 Å². The molecule has 1 atom stereocenters. The van der Waals surface area contributed by atoms with Gasteiger partial charge in [0.1, 0.15) is 5.82 Å². The summed E-state index contributed by atoms with van der Waals surface area (Å²) in [4.78, 5) is 14.4. The van der Waals surface area contributed by atoms with Crippen LogP contribution in [0.5, 0.6) is 0 Å². The first-order chi connectivity index (χ1) is 12.8. The quantitative estimate of drug-likeness (QED) is 0.839. The third-order valence-corrected chi connectivity index (χ3v) is 5.96. The molecule has 0 radical (unpaired) electrons. The fraction of sp³-hybridized carbons (Fsp3) is 0.316. The van der Waals surface area contributed by atoms with Gasteiger partial charge in [-0.15, -0.1) is 0 Å². The number of benzene rings is 2. The van der Waals surface area contributed by atoms with Crippen molar-refractivity contribution < 1.29 is 17.6 Å². The summed E-state index contributed by atoms with van der Waals surface area (Å²) in [7, 11) is -3.84. The number of aryl methyl sites for hydroxylation is 1. The molecule has 1 amide bonds. The predicted octanol–water partition coefficient (Wildman–Crippen LogP) is 2.37. The van der Waals surface area contributed by atoms with E-state index in [1.807, 2.05) is 6.92 Å². The van der Waals surface area contributed by atoms with Crippen LogP contribution >= 0.6 is 0 Å². The molecule has 2 N–H and O–H groups in total. The number of sulfonamides is 1. The highest BCUT2D eigenvalue weighted by Crippen LogP contribution is 2.20. The molecule has 1 aliphatic heterocycles. The second-order valence-electron chi connectivity index (χ2n) is 6.65. The van der Waals surface area contributed by atoms with E-state index in [0.717, 1.165) is 19.2 Å². The molecule has 0 bridgehead atoms. The van der Waals surface area contributed by atoms with Gasteiger partial charge >= 0.3 is 0 Å². The zero-order valence-corrected chi connectivity index (χ0v) is 16.0. The van der Waals surface area contributed by atoms with E-state index in [0.29, 0.717) is 17.8 Å². The van der Waals surface area contributed by atoms with Gasteiger partial charge in [0.15, 0.2) is 0 Å². The van der Waals surface area contributed by atoms with Gasteiger partial charge in [0.25, 0.3) is 15.9 Å². The maximum absolute atomic E-state index is 13.4. The van der Waals surface area contributed by atoms with E-state index in [9.17, 15) is 17.6 Å². The summed E-state index contributed by atoms with van der Waals surface area (Å²) in [5.41, 5.74) is 1.09. The van der Waals surface area contributed by atoms with Crippen LogP contribution in [0.3, 0.4) is 0 Å². The molecule has 1 aliphatic rings. The number of hydrogen-bond acceptors (Lipinski definition) is 4. The van der Waals surface area contributed by atoms with Crippen LogP contribution in [0.2, 0.25) is 0 Å². The molecule has 0 unspecified atom stereocenters. The fourth-order valence-corrected chi connectivity index (χ4v) is 4.13. The molecule has 0 spiro atoms. The number of anilines is 1. The summed E-state index contributed by atoms with van der Waals surface area (Å²) < 4.78 is 40.7. The van der Waals surface area contributed by atoms with Crippen molar-refractivity contribution in [3.8, 4) is 0 Å². The number of piperazine rings is 1. The van der Waals surface area contributed by atoms with Crippen LogP contribution in [0.25, 0.3) is 0 Å². The van der Waals surface area contributed by atoms with Gasteiger partial charge in [-0.05, 0) is 61.9 Å². The molecule has 0 aromatic heterocycles. The molecule has 144 valence electrons. The van der Waals surface area contributed by atoms with Gasteiger partial charge in [-0.25, -0.2) is 12.8 Å². The number of halogens is 1. The molecular weight excluding hydrogens is 369 g/mol. The Hall–Kier alpha value is -2.45. The Morgan fingerprint density at radius 3 is 2.56 bits per heavy atom. The molecule has 1 saturated heterocycles. The topological polar surface area (TPSA) is 78.5 Å². The molecule has 2 aromatic rings. The van der Waals surface area contributed by atoms with Gasteiger partial charge in [-0.3, -0.25) is 9.52 Å². The Balaban J connectivity index is 1.75. The summed E-state index contributed by atoms with van der Waals surface area (Å²) in [5.74, 6) is -0.536. The Kier molecular flexibility index (Phi) is 5.48. The number of rotatable bonds is 4. The Morgan fingerprint density at radius 1 is 1.22 bits per heavy atom. The van der Waals surface area contributed by atoms with Crippen molar-refractivity contribution in [2.24, 2.45) is 0 Å². The molecule has 6 nitrogen and oxygen atoms in total. The first-order valence-corrected chi connectivity index (χ1v) is 10.2. The molecule has 27 heavy (non-hydrogen) atoms. The summed E-state index contributed by atoms with van der Waals surface area (Å²) in [6, 6.07) is 10.0. The third-order valence-electron chi connectivity index (χ3n) is 4.59. The number of nitrogens with one attached hydrogen (secondary N) is 2. The SMILES string of the molecule is Cc1cc(S(=O)(=O)Nc2ccc(C(=O)N3CCNC[C@@H]3C)cc2)ccc1F. The van der Waals surface area contributed by atoms with Gasteiger partial charge in [-0.1, -0.05) is 0 Å². The number of carbonyl (C=O) groups is 1. The van der Waals surface area contributed by atoms with Crippen molar-refractivity contribution in [2.75, 3.05) is 24.4 Å². The molecule has 3 rings (SSSR count). The third kappa shape index (κ3) is 4.28. The van der Waals surface area contributed by atoms with Crippen molar-refractivity contribution in [2.45, 2.75) is 24.8 Å². The van der Waals surface area contributed by atoms with E-state index in [4.69, 9.17) is 0 Å². The summed E-state index contributed by atoms with van der Waals surface area (Å²) in [6.07, 6.45) is 0. The van der Waals surface area contributed by atoms with Gasteiger partial charge in [0.2, 0.25) is 0 Å². The highest BCUT2D eigenvalue weighted by molar-refractivity contribution is 7.92. The minimum atomic E-state index is -3.84.